The van der Waals surface area contributed by atoms with E-state index >= 15 is 0 Å². The summed E-state index contributed by atoms with van der Waals surface area (Å²) in [6.45, 7) is 2.57. The lowest BCUT2D eigenvalue weighted by Crippen LogP contribution is -2.33. The van der Waals surface area contributed by atoms with E-state index in [0.29, 0.717) is 11.3 Å². The Kier molecular flexibility index (Phi) is 7.08. The van der Waals surface area contributed by atoms with Gasteiger partial charge >= 0.3 is 5.97 Å². The third-order valence-electron chi connectivity index (χ3n) is 5.75. The number of aromatic nitrogens is 1. The van der Waals surface area contributed by atoms with Crippen molar-refractivity contribution >= 4 is 5.97 Å². The van der Waals surface area contributed by atoms with Crippen LogP contribution in [0.5, 0.6) is 17.5 Å². The fourth-order valence-electron chi connectivity index (χ4n) is 3.99. The van der Waals surface area contributed by atoms with Crippen molar-refractivity contribution in [2.75, 3.05) is 6.61 Å². The van der Waals surface area contributed by atoms with Gasteiger partial charge in [-0.25, -0.2) is 4.79 Å². The number of phenols is 1. The van der Waals surface area contributed by atoms with Gasteiger partial charge in [-0.3, -0.25) is 0 Å². The summed E-state index contributed by atoms with van der Waals surface area (Å²) >= 11 is 0. The predicted octanol–water partition coefficient (Wildman–Crippen LogP) is 4.98. The van der Waals surface area contributed by atoms with Crippen molar-refractivity contribution in [1.82, 2.24) is 4.73 Å². The lowest BCUT2D eigenvalue weighted by atomic mass is 9.79. The van der Waals surface area contributed by atoms with Gasteiger partial charge in [-0.05, 0) is 47.4 Å². The van der Waals surface area contributed by atoms with Crippen molar-refractivity contribution in [2.24, 2.45) is 0 Å². The maximum Gasteiger partial charge on any atom is 0.363 e. The van der Waals surface area contributed by atoms with E-state index in [1.165, 1.54) is 12.1 Å². The highest BCUT2D eigenvalue weighted by Crippen LogP contribution is 2.41. The van der Waals surface area contributed by atoms with Gasteiger partial charge in [-0.1, -0.05) is 67.9 Å². The Morgan fingerprint density at radius 1 is 0.800 bits per heavy atom. The number of hydrogen-bond acceptors (Lipinski definition) is 6. The Bertz CT molecular complexity index is 1260. The third-order valence-corrected chi connectivity index (χ3v) is 5.75. The summed E-state index contributed by atoms with van der Waals surface area (Å²) < 4.78 is 7.25. The van der Waals surface area contributed by atoms with Gasteiger partial charge in [0.25, 0.3) is 0 Å². The van der Waals surface area contributed by atoms with Crippen molar-refractivity contribution in [3.8, 4) is 17.5 Å². The zero-order chi connectivity index (χ0) is 24.8. The molecule has 0 radical (unpaired) electrons. The minimum atomic E-state index is -1.03. The van der Waals surface area contributed by atoms with Crippen LogP contribution in [0.25, 0.3) is 0 Å². The average Bonchev–Trinajstić information content (AvgIpc) is 3.19. The lowest BCUT2D eigenvalue weighted by Gasteiger charge is -2.36. The molecule has 0 saturated heterocycles. The summed E-state index contributed by atoms with van der Waals surface area (Å²) in [5, 5.41) is 29.8. The van der Waals surface area contributed by atoms with Gasteiger partial charge in [0.05, 0.1) is 5.56 Å². The highest BCUT2D eigenvalue weighted by Gasteiger charge is 2.38. The minimum absolute atomic E-state index is 0.119. The maximum absolute atomic E-state index is 12.6. The van der Waals surface area contributed by atoms with Crippen molar-refractivity contribution < 1.29 is 29.7 Å². The van der Waals surface area contributed by atoms with E-state index in [1.807, 2.05) is 36.4 Å². The first kappa shape index (κ1) is 23.9. The summed E-state index contributed by atoms with van der Waals surface area (Å²) in [5.41, 5.74) is 1.56. The molecule has 180 valence electrons. The fraction of sp³-hybridized carbons (Fsp3) is 0.179. The van der Waals surface area contributed by atoms with Gasteiger partial charge in [0.1, 0.15) is 11.4 Å². The molecule has 4 rings (SSSR count). The van der Waals surface area contributed by atoms with E-state index in [9.17, 15) is 20.1 Å². The second kappa shape index (κ2) is 10.4. The number of phenolic OH excluding ortho intramolecular Hbond substituents is 1. The molecular weight excluding hydrogens is 446 g/mol. The monoisotopic (exact) mass is 473 g/mol. The van der Waals surface area contributed by atoms with Crippen LogP contribution in [0.3, 0.4) is 0 Å². The third kappa shape index (κ3) is 4.85. The van der Waals surface area contributed by atoms with E-state index < -0.39 is 23.3 Å². The van der Waals surface area contributed by atoms with Crippen LogP contribution in [0.4, 0.5) is 0 Å². The largest absolute Gasteiger partial charge is 0.508 e. The standard InChI is InChI=1S/C28H27NO6/c1-2-3-18-34-28(21-8-5-4-6-9-21,23-10-7-11-24(30)19-23)22-14-12-20(13-15-22)27(33)35-29-25(31)16-17-26(29)32/h4-17,19,30-32H,2-3,18H2,1H3. The van der Waals surface area contributed by atoms with E-state index in [-0.39, 0.29) is 11.3 Å². The molecule has 1 aromatic heterocycles. The van der Waals surface area contributed by atoms with Crippen LogP contribution >= 0.6 is 0 Å². The maximum atomic E-state index is 12.6. The molecule has 0 amide bonds. The molecule has 0 aliphatic carbocycles. The zero-order valence-electron chi connectivity index (χ0n) is 19.3. The second-order valence-corrected chi connectivity index (χ2v) is 8.10. The second-order valence-electron chi connectivity index (χ2n) is 8.10. The van der Waals surface area contributed by atoms with Crippen LogP contribution in [-0.2, 0) is 10.3 Å². The summed E-state index contributed by atoms with van der Waals surface area (Å²) in [7, 11) is 0. The van der Waals surface area contributed by atoms with Gasteiger partial charge in [0.2, 0.25) is 11.8 Å². The van der Waals surface area contributed by atoms with Gasteiger partial charge in [-0.2, -0.15) is 0 Å². The Morgan fingerprint density at radius 3 is 2.06 bits per heavy atom. The molecule has 4 aromatic rings. The highest BCUT2D eigenvalue weighted by molar-refractivity contribution is 5.89. The number of ether oxygens (including phenoxy) is 1. The summed E-state index contributed by atoms with van der Waals surface area (Å²) in [5.74, 6) is -1.44. The van der Waals surface area contributed by atoms with Gasteiger partial charge in [0.15, 0.2) is 0 Å². The van der Waals surface area contributed by atoms with E-state index in [2.05, 4.69) is 6.92 Å². The number of carbonyl (C=O) groups excluding carboxylic acids is 1. The number of benzene rings is 3. The molecule has 1 atom stereocenters. The average molecular weight is 474 g/mol. The molecule has 1 heterocycles. The first-order chi connectivity index (χ1) is 17.0. The topological polar surface area (TPSA) is 101 Å². The molecule has 0 aliphatic rings. The van der Waals surface area contributed by atoms with Crippen LogP contribution in [0, 0.1) is 0 Å². The van der Waals surface area contributed by atoms with Crippen LogP contribution < -0.4 is 4.84 Å². The van der Waals surface area contributed by atoms with Crippen molar-refractivity contribution in [3.63, 3.8) is 0 Å². The summed E-state index contributed by atoms with van der Waals surface area (Å²) in [6, 6.07) is 25.8. The molecule has 0 spiro atoms. The molecule has 3 N–H and O–H groups in total. The molecule has 1 unspecified atom stereocenters. The quantitative estimate of drug-likeness (QED) is 0.234. The predicted molar refractivity (Wildman–Crippen MR) is 130 cm³/mol. The van der Waals surface area contributed by atoms with Gasteiger partial charge < -0.3 is 24.9 Å². The van der Waals surface area contributed by atoms with Crippen molar-refractivity contribution in [1.29, 1.82) is 0 Å². The Labute approximate surface area is 203 Å². The van der Waals surface area contributed by atoms with Crippen molar-refractivity contribution in [3.05, 3.63) is 113 Å². The number of unbranched alkanes of at least 4 members (excludes halogenated alkanes) is 1. The molecule has 0 saturated carbocycles. The first-order valence-electron chi connectivity index (χ1n) is 11.4. The van der Waals surface area contributed by atoms with Crippen LogP contribution in [0.2, 0.25) is 0 Å². The molecule has 7 heteroatoms. The smallest absolute Gasteiger partial charge is 0.363 e. The first-order valence-corrected chi connectivity index (χ1v) is 11.4. The fourth-order valence-corrected chi connectivity index (χ4v) is 3.99. The van der Waals surface area contributed by atoms with E-state index in [4.69, 9.17) is 9.57 Å². The molecule has 0 fully saturated rings. The van der Waals surface area contributed by atoms with E-state index in [0.717, 1.165) is 29.5 Å². The summed E-state index contributed by atoms with van der Waals surface area (Å²) in [6.07, 6.45) is 1.80. The molecular formula is C28H27NO6. The number of rotatable bonds is 9. The van der Waals surface area contributed by atoms with Crippen LogP contribution in [0.15, 0.2) is 91.0 Å². The number of carbonyl (C=O) groups is 1. The lowest BCUT2D eigenvalue weighted by molar-refractivity contribution is 0.0111. The minimum Gasteiger partial charge on any atom is -0.508 e. The number of hydrogen-bond donors (Lipinski definition) is 3. The summed E-state index contributed by atoms with van der Waals surface area (Å²) in [4.78, 5) is 17.7. The molecule has 0 bridgehead atoms. The number of nitrogens with zero attached hydrogens (tertiary/aromatic N) is 1. The van der Waals surface area contributed by atoms with Gasteiger partial charge in [-0.15, -0.1) is 4.73 Å². The Morgan fingerprint density at radius 2 is 1.43 bits per heavy atom. The van der Waals surface area contributed by atoms with E-state index in [1.54, 1.807) is 42.5 Å². The van der Waals surface area contributed by atoms with Gasteiger partial charge in [0, 0.05) is 18.7 Å². The Hall–Kier alpha value is -4.23. The van der Waals surface area contributed by atoms with Crippen molar-refractivity contribution in [2.45, 2.75) is 25.4 Å². The molecule has 7 nitrogen and oxygen atoms in total. The molecule has 3 aromatic carbocycles. The molecule has 0 aliphatic heterocycles. The Balaban J connectivity index is 1.77. The molecule has 35 heavy (non-hydrogen) atoms. The zero-order valence-corrected chi connectivity index (χ0v) is 19.3. The highest BCUT2D eigenvalue weighted by atomic mass is 16.7. The SMILES string of the molecule is CCCCOC(c1ccccc1)(c1ccc(C(=O)On2c(O)ccc2O)cc1)c1cccc(O)c1. The number of aromatic hydroxyl groups is 3. The van der Waals surface area contributed by atoms with Crippen LogP contribution in [-0.4, -0.2) is 32.6 Å². The van der Waals surface area contributed by atoms with Crippen LogP contribution in [0.1, 0.15) is 46.8 Å². The normalized spacial score (nSPS) is 12.7.